The van der Waals surface area contributed by atoms with E-state index in [1.807, 2.05) is 6.26 Å². The number of nitrogens with zero attached hydrogens (tertiary/aromatic N) is 1. The second-order valence-corrected chi connectivity index (χ2v) is 10.6. The third-order valence-electron chi connectivity index (χ3n) is 5.40. The largest absolute Gasteiger partial charge is 0.467 e. The van der Waals surface area contributed by atoms with Crippen molar-refractivity contribution in [2.75, 3.05) is 25.1 Å². The number of carbonyl (C=O) groups excluding carboxylic acids is 2. The molecule has 2 aromatic rings. The maximum atomic E-state index is 13.0. The number of amides is 2. The summed E-state index contributed by atoms with van der Waals surface area (Å²) in [5.41, 5.74) is 0. The van der Waals surface area contributed by atoms with Crippen molar-refractivity contribution >= 4 is 33.6 Å². The Kier molecular flexibility index (Phi) is 8.77. The number of carbonyl (C=O) groups is 2. The highest BCUT2D eigenvalue weighted by molar-refractivity contribution is 7.98. The predicted octanol–water partition coefficient (Wildman–Crippen LogP) is 2.23. The topological polar surface area (TPSA) is 109 Å². The summed E-state index contributed by atoms with van der Waals surface area (Å²) in [4.78, 5) is 25.9. The van der Waals surface area contributed by atoms with Gasteiger partial charge in [0, 0.05) is 13.1 Å². The van der Waals surface area contributed by atoms with Gasteiger partial charge in [-0.2, -0.15) is 16.1 Å². The number of hydrogen-bond acceptors (Lipinski definition) is 6. The van der Waals surface area contributed by atoms with E-state index < -0.39 is 22.0 Å². The van der Waals surface area contributed by atoms with Crippen LogP contribution in [-0.4, -0.2) is 55.7 Å². The third kappa shape index (κ3) is 6.36. The Balaban J connectivity index is 1.62. The molecule has 1 fully saturated rings. The first-order valence-electron chi connectivity index (χ1n) is 10.6. The van der Waals surface area contributed by atoms with E-state index >= 15 is 0 Å². The van der Waals surface area contributed by atoms with Crippen molar-refractivity contribution in [1.29, 1.82) is 0 Å². The summed E-state index contributed by atoms with van der Waals surface area (Å²) in [5.74, 6) is 0.253. The summed E-state index contributed by atoms with van der Waals surface area (Å²) in [5, 5.41) is 5.64. The van der Waals surface area contributed by atoms with E-state index in [-0.39, 0.29) is 29.8 Å². The molecule has 1 aromatic heterocycles. The van der Waals surface area contributed by atoms with Crippen molar-refractivity contribution in [3.63, 3.8) is 0 Å². The normalized spacial score (nSPS) is 18.1. The molecule has 2 amide bonds. The minimum absolute atomic E-state index is 0.103. The van der Waals surface area contributed by atoms with Gasteiger partial charge in [-0.3, -0.25) is 9.59 Å². The Morgan fingerprint density at radius 3 is 2.69 bits per heavy atom. The minimum atomic E-state index is -3.66. The lowest BCUT2D eigenvalue weighted by molar-refractivity contribution is -0.132. The van der Waals surface area contributed by atoms with Gasteiger partial charge < -0.3 is 15.1 Å². The van der Waals surface area contributed by atoms with Crippen LogP contribution in [0.15, 0.2) is 58.0 Å². The number of piperidine rings is 1. The lowest BCUT2D eigenvalue weighted by Crippen LogP contribution is -2.51. The van der Waals surface area contributed by atoms with Gasteiger partial charge in [-0.25, -0.2) is 8.42 Å². The molecule has 0 bridgehead atoms. The zero-order valence-electron chi connectivity index (χ0n) is 18.0. The average Bonchev–Trinajstić information content (AvgIpc) is 3.34. The zero-order chi connectivity index (χ0) is 23.0. The van der Waals surface area contributed by atoms with Gasteiger partial charge in [0.25, 0.3) is 0 Å². The molecular formula is C22H29N3O5S2. The maximum Gasteiger partial charge on any atom is 0.243 e. The Bertz CT molecular complexity index is 980. The van der Waals surface area contributed by atoms with E-state index in [2.05, 4.69) is 10.6 Å². The number of furan rings is 1. The lowest BCUT2D eigenvalue weighted by Gasteiger charge is -2.32. The van der Waals surface area contributed by atoms with E-state index in [0.29, 0.717) is 37.3 Å². The van der Waals surface area contributed by atoms with Gasteiger partial charge in [-0.15, -0.1) is 0 Å². The zero-order valence-corrected chi connectivity index (χ0v) is 19.7. The van der Waals surface area contributed by atoms with Crippen LogP contribution in [0.2, 0.25) is 0 Å². The van der Waals surface area contributed by atoms with Crippen molar-refractivity contribution in [3.8, 4) is 0 Å². The Morgan fingerprint density at radius 2 is 2.00 bits per heavy atom. The summed E-state index contributed by atoms with van der Waals surface area (Å²) in [7, 11) is -3.66. The summed E-state index contributed by atoms with van der Waals surface area (Å²) >= 11 is 1.59. The predicted molar refractivity (Wildman–Crippen MR) is 123 cm³/mol. The van der Waals surface area contributed by atoms with Crippen LogP contribution in [0.1, 0.15) is 25.0 Å². The second kappa shape index (κ2) is 11.5. The van der Waals surface area contributed by atoms with E-state index in [9.17, 15) is 18.0 Å². The van der Waals surface area contributed by atoms with Crippen LogP contribution < -0.4 is 10.6 Å². The van der Waals surface area contributed by atoms with Crippen LogP contribution in [0.5, 0.6) is 0 Å². The molecule has 1 saturated heterocycles. The van der Waals surface area contributed by atoms with Crippen molar-refractivity contribution in [2.24, 2.45) is 5.92 Å². The number of hydrogen-bond donors (Lipinski definition) is 2. The van der Waals surface area contributed by atoms with Gasteiger partial charge >= 0.3 is 0 Å². The Hall–Kier alpha value is -2.30. The summed E-state index contributed by atoms with van der Waals surface area (Å²) < 4.78 is 32.5. The fourth-order valence-corrected chi connectivity index (χ4v) is 5.64. The molecule has 0 radical (unpaired) electrons. The summed E-state index contributed by atoms with van der Waals surface area (Å²) in [6.07, 6.45) is 5.12. The van der Waals surface area contributed by atoms with Gasteiger partial charge in [0.15, 0.2) is 0 Å². The molecule has 10 heteroatoms. The van der Waals surface area contributed by atoms with E-state index in [1.165, 1.54) is 10.6 Å². The van der Waals surface area contributed by atoms with Crippen molar-refractivity contribution in [1.82, 2.24) is 14.9 Å². The van der Waals surface area contributed by atoms with Gasteiger partial charge in [-0.1, -0.05) is 18.2 Å². The SMILES string of the molecule is CSCCC(NC(=O)C1CCCN(S(=O)(=O)c2ccccc2)C1)C(=O)NCc1ccco1. The Morgan fingerprint density at radius 1 is 1.22 bits per heavy atom. The summed E-state index contributed by atoms with van der Waals surface area (Å²) in [6, 6.07) is 11.0. The quantitative estimate of drug-likeness (QED) is 0.541. The highest BCUT2D eigenvalue weighted by Crippen LogP contribution is 2.24. The van der Waals surface area contributed by atoms with Crippen LogP contribution in [0.25, 0.3) is 0 Å². The van der Waals surface area contributed by atoms with Crippen molar-refractivity contribution < 1.29 is 22.4 Å². The van der Waals surface area contributed by atoms with Gasteiger partial charge in [-0.05, 0) is 55.5 Å². The van der Waals surface area contributed by atoms with E-state index in [0.717, 1.165) is 0 Å². The average molecular weight is 480 g/mol. The molecular weight excluding hydrogens is 450 g/mol. The van der Waals surface area contributed by atoms with Crippen LogP contribution in [-0.2, 0) is 26.2 Å². The molecule has 1 aliphatic rings. The molecule has 1 aliphatic heterocycles. The minimum Gasteiger partial charge on any atom is -0.467 e. The summed E-state index contributed by atoms with van der Waals surface area (Å²) in [6.45, 7) is 0.719. The van der Waals surface area contributed by atoms with E-state index in [4.69, 9.17) is 4.42 Å². The van der Waals surface area contributed by atoms with Crippen LogP contribution in [0.3, 0.4) is 0 Å². The Labute approximate surface area is 193 Å². The van der Waals surface area contributed by atoms with Crippen LogP contribution >= 0.6 is 11.8 Å². The maximum absolute atomic E-state index is 13.0. The van der Waals surface area contributed by atoms with Crippen LogP contribution in [0, 0.1) is 5.92 Å². The molecule has 3 rings (SSSR count). The number of sulfonamides is 1. The van der Waals surface area contributed by atoms with Crippen molar-refractivity contribution in [2.45, 2.75) is 36.7 Å². The molecule has 2 N–H and O–H groups in total. The monoisotopic (exact) mass is 479 g/mol. The third-order valence-corrected chi connectivity index (χ3v) is 7.92. The second-order valence-electron chi connectivity index (χ2n) is 7.66. The van der Waals surface area contributed by atoms with Gasteiger partial charge in [0.2, 0.25) is 21.8 Å². The fourth-order valence-electron chi connectivity index (χ4n) is 3.62. The molecule has 0 saturated carbocycles. The molecule has 2 unspecified atom stereocenters. The number of nitrogens with one attached hydrogen (secondary N) is 2. The molecule has 8 nitrogen and oxygen atoms in total. The lowest BCUT2D eigenvalue weighted by atomic mass is 9.98. The van der Waals surface area contributed by atoms with E-state index in [1.54, 1.807) is 54.2 Å². The smallest absolute Gasteiger partial charge is 0.243 e. The number of rotatable bonds is 10. The number of thioether (sulfide) groups is 1. The fraction of sp³-hybridized carbons (Fsp3) is 0.455. The molecule has 0 aliphatic carbocycles. The standard InChI is InChI=1S/C22H29N3O5S2/c1-31-14-11-20(22(27)23-15-18-8-6-13-30-18)24-21(26)17-7-5-12-25(16-17)32(28,29)19-9-3-2-4-10-19/h2-4,6,8-10,13,17,20H,5,7,11-12,14-16H2,1H3,(H,23,27)(H,24,26). The molecule has 1 aromatic carbocycles. The molecule has 2 atom stereocenters. The first-order valence-corrected chi connectivity index (χ1v) is 13.4. The molecule has 174 valence electrons. The van der Waals surface area contributed by atoms with Gasteiger partial charge in [0.1, 0.15) is 11.8 Å². The molecule has 0 spiro atoms. The molecule has 2 heterocycles. The van der Waals surface area contributed by atoms with Crippen molar-refractivity contribution in [3.05, 3.63) is 54.5 Å². The highest BCUT2D eigenvalue weighted by atomic mass is 32.2. The first-order chi connectivity index (χ1) is 15.4. The van der Waals surface area contributed by atoms with Gasteiger partial charge in [0.05, 0.1) is 23.6 Å². The number of benzene rings is 1. The highest BCUT2D eigenvalue weighted by Gasteiger charge is 2.34. The first kappa shape index (κ1) is 24.3. The van der Waals surface area contributed by atoms with Crippen LogP contribution in [0.4, 0.5) is 0 Å². The molecule has 32 heavy (non-hydrogen) atoms.